The van der Waals surface area contributed by atoms with Gasteiger partial charge in [-0.15, -0.1) is 0 Å². The fourth-order valence-corrected chi connectivity index (χ4v) is 1.87. The smallest absolute Gasteiger partial charge is 0.163 e. The molecule has 0 fully saturated rings. The molecule has 15 heavy (non-hydrogen) atoms. The summed E-state index contributed by atoms with van der Waals surface area (Å²) in [4.78, 5) is 11.3. The maximum atomic E-state index is 11.3. The molecule has 1 unspecified atom stereocenters. The number of ether oxygens (including phenoxy) is 1. The van der Waals surface area contributed by atoms with E-state index in [4.69, 9.17) is 16.3 Å². The van der Waals surface area contributed by atoms with Gasteiger partial charge in [-0.05, 0) is 24.6 Å². The van der Waals surface area contributed by atoms with Gasteiger partial charge in [0.1, 0.15) is 5.60 Å². The molecular weight excluding hydrogens is 212 g/mol. The van der Waals surface area contributed by atoms with Gasteiger partial charge in [0, 0.05) is 11.1 Å². The van der Waals surface area contributed by atoms with Crippen LogP contribution in [0.2, 0.25) is 5.02 Å². The first-order chi connectivity index (χ1) is 7.10. The highest BCUT2D eigenvalue weighted by Crippen LogP contribution is 2.33. The number of carbonyl (C=O) groups is 1. The number of rotatable bonds is 1. The van der Waals surface area contributed by atoms with Crippen LogP contribution in [0.4, 0.5) is 0 Å². The molecule has 1 heterocycles. The predicted molar refractivity (Wildman–Crippen MR) is 58.7 cm³/mol. The van der Waals surface area contributed by atoms with Gasteiger partial charge >= 0.3 is 0 Å². The minimum atomic E-state index is -0.587. The summed E-state index contributed by atoms with van der Waals surface area (Å²) in [6.07, 6.45) is 3.25. The predicted octanol–water partition coefficient (Wildman–Crippen LogP) is 3.06. The highest BCUT2D eigenvalue weighted by molar-refractivity contribution is 6.30. The molecule has 2 nitrogen and oxygen atoms in total. The summed E-state index contributed by atoms with van der Waals surface area (Å²) < 4.78 is 5.52. The van der Waals surface area contributed by atoms with E-state index >= 15 is 0 Å². The standard InChI is InChI=1S/C12H11ClO2/c1-12(8-11(14)5-6-15-12)9-3-2-4-10(13)7-9/h2-7H,8H2,1H3. The van der Waals surface area contributed by atoms with Crippen molar-refractivity contribution < 1.29 is 9.53 Å². The first kappa shape index (κ1) is 10.2. The van der Waals surface area contributed by atoms with Crippen LogP contribution >= 0.6 is 11.6 Å². The molecule has 0 radical (unpaired) electrons. The van der Waals surface area contributed by atoms with Gasteiger partial charge in [-0.2, -0.15) is 0 Å². The van der Waals surface area contributed by atoms with E-state index in [2.05, 4.69) is 0 Å². The lowest BCUT2D eigenvalue weighted by molar-refractivity contribution is -0.122. The van der Waals surface area contributed by atoms with Gasteiger partial charge in [0.25, 0.3) is 0 Å². The van der Waals surface area contributed by atoms with Gasteiger partial charge in [-0.25, -0.2) is 0 Å². The molecule has 1 aliphatic rings. The van der Waals surface area contributed by atoms with Gasteiger partial charge in [-0.3, -0.25) is 4.79 Å². The van der Waals surface area contributed by atoms with E-state index in [9.17, 15) is 4.79 Å². The number of hydrogen-bond donors (Lipinski definition) is 0. The van der Waals surface area contributed by atoms with Crippen molar-refractivity contribution >= 4 is 17.4 Å². The van der Waals surface area contributed by atoms with Gasteiger partial charge in [0.05, 0.1) is 12.7 Å². The summed E-state index contributed by atoms with van der Waals surface area (Å²) in [6, 6.07) is 7.40. The quantitative estimate of drug-likeness (QED) is 0.730. The summed E-state index contributed by atoms with van der Waals surface area (Å²) in [5, 5.41) is 0.652. The van der Waals surface area contributed by atoms with Crippen molar-refractivity contribution in [2.45, 2.75) is 18.9 Å². The lowest BCUT2D eigenvalue weighted by Crippen LogP contribution is -2.29. The van der Waals surface area contributed by atoms with Crippen LogP contribution in [-0.2, 0) is 15.1 Å². The fourth-order valence-electron chi connectivity index (χ4n) is 1.68. The van der Waals surface area contributed by atoms with Crippen molar-refractivity contribution in [2.75, 3.05) is 0 Å². The van der Waals surface area contributed by atoms with Crippen LogP contribution in [0.25, 0.3) is 0 Å². The fraction of sp³-hybridized carbons (Fsp3) is 0.250. The Labute approximate surface area is 93.5 Å². The third-order valence-corrected chi connectivity index (χ3v) is 2.76. The van der Waals surface area contributed by atoms with Crippen molar-refractivity contribution in [1.82, 2.24) is 0 Å². The Kier molecular flexibility index (Phi) is 2.53. The largest absolute Gasteiger partial charge is 0.490 e. The molecule has 3 heteroatoms. The van der Waals surface area contributed by atoms with E-state index in [0.29, 0.717) is 11.4 Å². The maximum absolute atomic E-state index is 11.3. The molecule has 0 saturated heterocycles. The van der Waals surface area contributed by atoms with Crippen LogP contribution in [0.1, 0.15) is 18.9 Å². The Morgan fingerprint density at radius 1 is 1.47 bits per heavy atom. The molecular formula is C12H11ClO2. The third kappa shape index (κ3) is 2.05. The molecule has 1 aromatic carbocycles. The number of carbonyl (C=O) groups excluding carboxylic acids is 1. The van der Waals surface area contributed by atoms with Gasteiger partial charge in [-0.1, -0.05) is 23.7 Å². The first-order valence-corrected chi connectivity index (χ1v) is 5.11. The van der Waals surface area contributed by atoms with E-state index in [1.807, 2.05) is 25.1 Å². The molecule has 0 saturated carbocycles. The second-order valence-electron chi connectivity index (χ2n) is 3.80. The molecule has 1 aliphatic heterocycles. The Hall–Kier alpha value is -1.28. The Morgan fingerprint density at radius 3 is 2.93 bits per heavy atom. The number of halogens is 1. The van der Waals surface area contributed by atoms with Gasteiger partial charge < -0.3 is 4.74 Å². The van der Waals surface area contributed by atoms with Gasteiger partial charge in [0.15, 0.2) is 5.78 Å². The minimum Gasteiger partial charge on any atom is -0.490 e. The molecule has 0 amide bonds. The summed E-state index contributed by atoms with van der Waals surface area (Å²) in [6.45, 7) is 1.89. The Morgan fingerprint density at radius 2 is 2.27 bits per heavy atom. The van der Waals surface area contributed by atoms with Crippen LogP contribution in [0.15, 0.2) is 36.6 Å². The van der Waals surface area contributed by atoms with E-state index < -0.39 is 5.60 Å². The van der Waals surface area contributed by atoms with Crippen LogP contribution in [0, 0.1) is 0 Å². The third-order valence-electron chi connectivity index (χ3n) is 2.53. The maximum Gasteiger partial charge on any atom is 0.163 e. The molecule has 0 aromatic heterocycles. The zero-order valence-corrected chi connectivity index (χ0v) is 9.12. The van der Waals surface area contributed by atoms with Crippen LogP contribution in [0.3, 0.4) is 0 Å². The summed E-state index contributed by atoms with van der Waals surface area (Å²) >= 11 is 5.90. The molecule has 0 aliphatic carbocycles. The summed E-state index contributed by atoms with van der Waals surface area (Å²) in [7, 11) is 0. The normalized spacial score (nSPS) is 25.1. The van der Waals surface area contributed by atoms with E-state index in [0.717, 1.165) is 5.56 Å². The molecule has 1 atom stereocenters. The number of ketones is 1. The Bertz CT molecular complexity index is 425. The zero-order valence-electron chi connectivity index (χ0n) is 8.37. The average Bonchev–Trinajstić information content (AvgIpc) is 2.17. The molecule has 0 N–H and O–H groups in total. The number of benzene rings is 1. The molecule has 78 valence electrons. The van der Waals surface area contributed by atoms with Gasteiger partial charge in [0.2, 0.25) is 0 Å². The first-order valence-electron chi connectivity index (χ1n) is 4.73. The van der Waals surface area contributed by atoms with E-state index in [-0.39, 0.29) is 5.78 Å². The molecule has 0 spiro atoms. The topological polar surface area (TPSA) is 26.3 Å². The van der Waals surface area contributed by atoms with Crippen LogP contribution < -0.4 is 0 Å². The minimum absolute atomic E-state index is 0.0729. The number of allylic oxidation sites excluding steroid dienone is 1. The highest BCUT2D eigenvalue weighted by atomic mass is 35.5. The van der Waals surface area contributed by atoms with Crippen molar-refractivity contribution in [1.29, 1.82) is 0 Å². The average molecular weight is 223 g/mol. The van der Waals surface area contributed by atoms with Crippen molar-refractivity contribution in [2.24, 2.45) is 0 Å². The number of hydrogen-bond acceptors (Lipinski definition) is 2. The molecule has 1 aromatic rings. The Balaban J connectivity index is 2.37. The van der Waals surface area contributed by atoms with Crippen molar-refractivity contribution in [3.8, 4) is 0 Å². The van der Waals surface area contributed by atoms with Crippen molar-refractivity contribution in [3.63, 3.8) is 0 Å². The summed E-state index contributed by atoms with van der Waals surface area (Å²) in [5.74, 6) is 0.0729. The van der Waals surface area contributed by atoms with Crippen molar-refractivity contribution in [3.05, 3.63) is 47.2 Å². The second kappa shape index (κ2) is 3.70. The van der Waals surface area contributed by atoms with E-state index in [1.54, 1.807) is 6.07 Å². The lowest BCUT2D eigenvalue weighted by Gasteiger charge is -2.31. The second-order valence-corrected chi connectivity index (χ2v) is 4.24. The molecule has 2 rings (SSSR count). The monoisotopic (exact) mass is 222 g/mol. The lowest BCUT2D eigenvalue weighted by atomic mass is 9.89. The zero-order chi connectivity index (χ0) is 10.9. The highest BCUT2D eigenvalue weighted by Gasteiger charge is 2.32. The van der Waals surface area contributed by atoms with Crippen LogP contribution in [0.5, 0.6) is 0 Å². The van der Waals surface area contributed by atoms with E-state index in [1.165, 1.54) is 12.3 Å². The van der Waals surface area contributed by atoms with Crippen LogP contribution in [-0.4, -0.2) is 5.78 Å². The summed E-state index contributed by atoms with van der Waals surface area (Å²) in [5.41, 5.74) is 0.337. The molecule has 0 bridgehead atoms. The SMILES string of the molecule is CC1(c2cccc(Cl)c2)CC(=O)C=CO1.